The highest BCUT2D eigenvalue weighted by Gasteiger charge is 2.27. The maximum atomic E-state index is 12.3. The summed E-state index contributed by atoms with van der Waals surface area (Å²) in [6.45, 7) is 0.456. The number of nitrogens with two attached hydrogens (primary N) is 1. The Hall–Kier alpha value is -0.870. The van der Waals surface area contributed by atoms with E-state index >= 15 is 0 Å². The Morgan fingerprint density at radius 3 is 2.44 bits per heavy atom. The van der Waals surface area contributed by atoms with Crippen LogP contribution < -0.4 is 5.73 Å². The van der Waals surface area contributed by atoms with E-state index < -0.39 is 9.84 Å². The van der Waals surface area contributed by atoms with Crippen molar-refractivity contribution < 1.29 is 8.42 Å². The zero-order chi connectivity index (χ0) is 13.0. The number of benzene rings is 1. The molecule has 1 aliphatic rings. The lowest BCUT2D eigenvalue weighted by Crippen LogP contribution is -2.25. The molecule has 1 aliphatic carbocycles. The number of rotatable bonds is 4. The summed E-state index contributed by atoms with van der Waals surface area (Å²) in [5.74, 6) is 0.158. The van der Waals surface area contributed by atoms with E-state index in [0.29, 0.717) is 6.54 Å². The molecule has 0 amide bonds. The zero-order valence-electron chi connectivity index (χ0n) is 10.6. The van der Waals surface area contributed by atoms with Gasteiger partial charge in [-0.05, 0) is 24.0 Å². The van der Waals surface area contributed by atoms with Crippen LogP contribution in [0.3, 0.4) is 0 Å². The second kappa shape index (κ2) is 5.85. The first kappa shape index (κ1) is 13.6. The van der Waals surface area contributed by atoms with Crippen LogP contribution in [0.4, 0.5) is 0 Å². The van der Waals surface area contributed by atoms with Crippen LogP contribution >= 0.6 is 0 Å². The molecular weight excluding hydrogens is 246 g/mol. The molecule has 1 saturated carbocycles. The van der Waals surface area contributed by atoms with Gasteiger partial charge in [0.05, 0.1) is 11.0 Å². The molecule has 2 N–H and O–H groups in total. The normalized spacial score (nSPS) is 17.8. The highest BCUT2D eigenvalue weighted by Crippen LogP contribution is 2.26. The van der Waals surface area contributed by atoms with Crippen LogP contribution in [0.15, 0.2) is 24.3 Å². The predicted molar refractivity (Wildman–Crippen MR) is 73.8 cm³/mol. The van der Waals surface area contributed by atoms with Gasteiger partial charge in [-0.2, -0.15) is 0 Å². The summed E-state index contributed by atoms with van der Waals surface area (Å²) in [5, 5.41) is -0.132. The van der Waals surface area contributed by atoms with Crippen molar-refractivity contribution >= 4 is 9.84 Å². The summed E-state index contributed by atoms with van der Waals surface area (Å²) in [6, 6.07) is 7.59. The lowest BCUT2D eigenvalue weighted by Gasteiger charge is -2.21. The van der Waals surface area contributed by atoms with Crippen molar-refractivity contribution in [3.05, 3.63) is 35.4 Å². The molecule has 0 aromatic heterocycles. The Bertz CT molecular complexity index is 490. The van der Waals surface area contributed by atoms with Gasteiger partial charge in [0.1, 0.15) is 0 Å². The van der Waals surface area contributed by atoms with Crippen molar-refractivity contribution in [2.75, 3.05) is 0 Å². The van der Waals surface area contributed by atoms with Gasteiger partial charge in [0.15, 0.2) is 9.84 Å². The molecule has 18 heavy (non-hydrogen) atoms. The molecule has 0 bridgehead atoms. The van der Waals surface area contributed by atoms with E-state index in [4.69, 9.17) is 5.73 Å². The topological polar surface area (TPSA) is 60.2 Å². The molecule has 0 atom stereocenters. The average molecular weight is 267 g/mol. The first-order chi connectivity index (χ1) is 8.62. The van der Waals surface area contributed by atoms with E-state index in [0.717, 1.165) is 36.8 Å². The SMILES string of the molecule is NCc1cccc(CS(=O)(=O)C2CCCCC2)c1. The minimum atomic E-state index is -3.00. The third-order valence-corrected chi connectivity index (χ3v) is 5.88. The van der Waals surface area contributed by atoms with Crippen LogP contribution in [0, 0.1) is 0 Å². The van der Waals surface area contributed by atoms with Crippen molar-refractivity contribution in [1.29, 1.82) is 0 Å². The molecule has 0 saturated heterocycles. The van der Waals surface area contributed by atoms with Crippen LogP contribution in [-0.4, -0.2) is 13.7 Å². The molecule has 0 unspecified atom stereocenters. The minimum Gasteiger partial charge on any atom is -0.326 e. The first-order valence-electron chi connectivity index (χ1n) is 6.61. The molecule has 1 aromatic carbocycles. The minimum absolute atomic E-state index is 0.132. The first-order valence-corrected chi connectivity index (χ1v) is 8.33. The number of sulfone groups is 1. The van der Waals surface area contributed by atoms with E-state index in [1.165, 1.54) is 6.42 Å². The van der Waals surface area contributed by atoms with Gasteiger partial charge in [-0.3, -0.25) is 0 Å². The quantitative estimate of drug-likeness (QED) is 0.911. The summed E-state index contributed by atoms with van der Waals surface area (Å²) in [7, 11) is -3.00. The predicted octanol–water partition coefficient (Wildman–Crippen LogP) is 2.39. The van der Waals surface area contributed by atoms with E-state index in [1.54, 1.807) is 0 Å². The molecule has 0 radical (unpaired) electrons. The van der Waals surface area contributed by atoms with Gasteiger partial charge in [0.2, 0.25) is 0 Å². The molecule has 0 spiro atoms. The van der Waals surface area contributed by atoms with Crippen LogP contribution in [0.2, 0.25) is 0 Å². The fraction of sp³-hybridized carbons (Fsp3) is 0.571. The summed E-state index contributed by atoms with van der Waals surface area (Å²) in [6.07, 6.45) is 4.94. The van der Waals surface area contributed by atoms with E-state index in [1.807, 2.05) is 24.3 Å². The van der Waals surface area contributed by atoms with E-state index in [-0.39, 0.29) is 11.0 Å². The molecule has 100 valence electrons. The largest absolute Gasteiger partial charge is 0.326 e. The highest BCUT2D eigenvalue weighted by atomic mass is 32.2. The summed E-state index contributed by atoms with van der Waals surface area (Å²) < 4.78 is 24.6. The third kappa shape index (κ3) is 3.33. The van der Waals surface area contributed by atoms with Gasteiger partial charge >= 0.3 is 0 Å². The van der Waals surface area contributed by atoms with E-state index in [2.05, 4.69) is 0 Å². The second-order valence-corrected chi connectivity index (χ2v) is 7.37. The zero-order valence-corrected chi connectivity index (χ0v) is 11.5. The lowest BCUT2D eigenvalue weighted by molar-refractivity contribution is 0.483. The molecule has 0 heterocycles. The molecule has 1 fully saturated rings. The van der Waals surface area contributed by atoms with Gasteiger partial charge < -0.3 is 5.73 Å². The van der Waals surface area contributed by atoms with Gasteiger partial charge in [0.25, 0.3) is 0 Å². The number of hydrogen-bond acceptors (Lipinski definition) is 3. The fourth-order valence-electron chi connectivity index (χ4n) is 2.62. The lowest BCUT2D eigenvalue weighted by atomic mass is 10.0. The molecule has 4 heteroatoms. The standard InChI is InChI=1S/C14H21NO2S/c15-10-12-5-4-6-13(9-12)11-18(16,17)14-7-2-1-3-8-14/h4-6,9,14H,1-3,7-8,10-11,15H2. The van der Waals surface area contributed by atoms with Crippen LogP contribution in [-0.2, 0) is 22.1 Å². The van der Waals surface area contributed by atoms with Crippen molar-refractivity contribution in [3.8, 4) is 0 Å². The van der Waals surface area contributed by atoms with Crippen LogP contribution in [0.1, 0.15) is 43.2 Å². The van der Waals surface area contributed by atoms with Crippen molar-refractivity contribution in [2.45, 2.75) is 49.7 Å². The summed E-state index contributed by atoms with van der Waals surface area (Å²) in [5.41, 5.74) is 7.43. The molecule has 0 aliphatic heterocycles. The van der Waals surface area contributed by atoms with Gasteiger partial charge in [0, 0.05) is 6.54 Å². The van der Waals surface area contributed by atoms with Crippen molar-refractivity contribution in [1.82, 2.24) is 0 Å². The smallest absolute Gasteiger partial charge is 0.157 e. The summed E-state index contributed by atoms with van der Waals surface area (Å²) >= 11 is 0. The Morgan fingerprint density at radius 2 is 1.78 bits per heavy atom. The van der Waals surface area contributed by atoms with E-state index in [9.17, 15) is 8.42 Å². The summed E-state index contributed by atoms with van der Waals surface area (Å²) in [4.78, 5) is 0. The van der Waals surface area contributed by atoms with Crippen molar-refractivity contribution in [3.63, 3.8) is 0 Å². The molecule has 3 nitrogen and oxygen atoms in total. The molecule has 1 aromatic rings. The average Bonchev–Trinajstić information content (AvgIpc) is 2.39. The van der Waals surface area contributed by atoms with Gasteiger partial charge in [-0.25, -0.2) is 8.42 Å². The van der Waals surface area contributed by atoms with Crippen LogP contribution in [0.25, 0.3) is 0 Å². The fourth-order valence-corrected chi connectivity index (χ4v) is 4.55. The molecular formula is C14H21NO2S. The Kier molecular flexibility index (Phi) is 4.40. The second-order valence-electron chi connectivity index (χ2n) is 5.09. The number of hydrogen-bond donors (Lipinski definition) is 1. The van der Waals surface area contributed by atoms with Crippen LogP contribution in [0.5, 0.6) is 0 Å². The third-order valence-electron chi connectivity index (χ3n) is 3.66. The van der Waals surface area contributed by atoms with Gasteiger partial charge in [-0.1, -0.05) is 43.5 Å². The monoisotopic (exact) mass is 267 g/mol. The Balaban J connectivity index is 2.11. The Labute approximate surface area is 109 Å². The highest BCUT2D eigenvalue weighted by molar-refractivity contribution is 7.91. The Morgan fingerprint density at radius 1 is 1.11 bits per heavy atom. The van der Waals surface area contributed by atoms with Crippen molar-refractivity contribution in [2.24, 2.45) is 5.73 Å². The molecule has 2 rings (SSSR count). The van der Waals surface area contributed by atoms with Gasteiger partial charge in [-0.15, -0.1) is 0 Å². The maximum Gasteiger partial charge on any atom is 0.157 e. The maximum absolute atomic E-state index is 12.3.